The third-order valence-electron chi connectivity index (χ3n) is 3.45. The van der Waals surface area contributed by atoms with E-state index in [4.69, 9.17) is 0 Å². The summed E-state index contributed by atoms with van der Waals surface area (Å²) in [5.41, 5.74) is 2.50. The zero-order chi connectivity index (χ0) is 17.9. The Balaban J connectivity index is 1.44. The minimum absolute atomic E-state index is 0.825. The van der Waals surface area contributed by atoms with E-state index in [1.165, 1.54) is 11.1 Å². The lowest BCUT2D eigenvalue weighted by Gasteiger charge is -2.00. The van der Waals surface area contributed by atoms with Crippen LogP contribution in [0.2, 0.25) is 0 Å². The van der Waals surface area contributed by atoms with Crippen LogP contribution in [0.25, 0.3) is 4.96 Å². The summed E-state index contributed by atoms with van der Waals surface area (Å²) < 4.78 is 5.03. The Kier molecular flexibility index (Phi) is 6.00. The summed E-state index contributed by atoms with van der Waals surface area (Å²) in [5.74, 6) is 1.71. The van der Waals surface area contributed by atoms with E-state index < -0.39 is 0 Å². The molecule has 0 aliphatic rings. The second-order valence-electron chi connectivity index (χ2n) is 5.38. The first kappa shape index (κ1) is 18.5. The molecule has 0 unspecified atom stereocenters. The van der Waals surface area contributed by atoms with E-state index in [0.717, 1.165) is 34.9 Å². The van der Waals surface area contributed by atoms with Crippen molar-refractivity contribution in [1.82, 2.24) is 19.8 Å². The number of nitrogens with zero attached hydrogens (tertiary/aromatic N) is 4. The molecule has 0 atom stereocenters. The van der Waals surface area contributed by atoms with Gasteiger partial charge in [0, 0.05) is 20.5 Å². The average Bonchev–Trinajstić information content (AvgIpc) is 3.19. The molecule has 9 heteroatoms. The molecule has 0 aliphatic heterocycles. The van der Waals surface area contributed by atoms with Crippen molar-refractivity contribution >= 4 is 71.7 Å². The Hall–Kier alpha value is -0.870. The van der Waals surface area contributed by atoms with Gasteiger partial charge in [-0.05, 0) is 35.4 Å². The lowest BCUT2D eigenvalue weighted by atomic mass is 10.2. The summed E-state index contributed by atoms with van der Waals surface area (Å²) in [5, 5.41) is 14.0. The molecular weight excluding hydrogens is 516 g/mol. The minimum Gasteiger partial charge on any atom is -0.176 e. The Labute approximate surface area is 180 Å². The van der Waals surface area contributed by atoms with Crippen molar-refractivity contribution in [3.63, 3.8) is 0 Å². The summed E-state index contributed by atoms with van der Waals surface area (Å²) in [6, 6.07) is 16.6. The van der Waals surface area contributed by atoms with Crippen molar-refractivity contribution in [2.45, 2.75) is 21.0 Å². The third kappa shape index (κ3) is 4.51. The third-order valence-corrected chi connectivity index (χ3v) is 7.53. The van der Waals surface area contributed by atoms with Gasteiger partial charge in [0.25, 0.3) is 0 Å². The van der Waals surface area contributed by atoms with Gasteiger partial charge in [0.1, 0.15) is 0 Å². The molecule has 26 heavy (non-hydrogen) atoms. The van der Waals surface area contributed by atoms with E-state index in [1.807, 2.05) is 22.7 Å². The Morgan fingerprint density at radius 1 is 0.885 bits per heavy atom. The van der Waals surface area contributed by atoms with Gasteiger partial charge in [-0.1, -0.05) is 91.0 Å². The predicted octanol–water partition coefficient (Wildman–Crippen LogP) is 6.30. The van der Waals surface area contributed by atoms with Crippen LogP contribution in [0.3, 0.4) is 0 Å². The number of benzene rings is 2. The smallest absolute Gasteiger partial charge is 0.176 e. The average molecular weight is 528 g/mol. The van der Waals surface area contributed by atoms with Crippen LogP contribution in [0, 0.1) is 0 Å². The Morgan fingerprint density at radius 3 is 2.19 bits per heavy atom. The molecule has 0 bridgehead atoms. The van der Waals surface area contributed by atoms with Crippen LogP contribution in [0.15, 0.2) is 67.0 Å². The molecule has 4 nitrogen and oxygen atoms in total. The lowest BCUT2D eigenvalue weighted by molar-refractivity contribution is 0.793. The molecule has 4 rings (SSSR count). The van der Waals surface area contributed by atoms with E-state index in [0.29, 0.717) is 0 Å². The lowest BCUT2D eigenvalue weighted by Crippen LogP contribution is -1.90. The van der Waals surface area contributed by atoms with Crippen molar-refractivity contribution in [2.75, 3.05) is 0 Å². The van der Waals surface area contributed by atoms with Crippen LogP contribution in [-0.2, 0) is 11.5 Å². The molecule has 132 valence electrons. The molecule has 0 amide bonds. The van der Waals surface area contributed by atoms with Crippen LogP contribution >= 0.6 is 66.7 Å². The molecule has 2 aromatic heterocycles. The summed E-state index contributed by atoms with van der Waals surface area (Å²) in [6.45, 7) is 0. The summed E-state index contributed by atoms with van der Waals surface area (Å²) in [4.78, 5) is 0.832. The van der Waals surface area contributed by atoms with Crippen molar-refractivity contribution in [3.05, 3.63) is 68.6 Å². The molecule has 0 fully saturated rings. The number of rotatable bonds is 6. The molecule has 0 N–H and O–H groups in total. The second kappa shape index (κ2) is 8.43. The normalized spacial score (nSPS) is 11.3. The first-order valence-corrected chi connectivity index (χ1v) is 12.0. The maximum absolute atomic E-state index is 4.67. The zero-order valence-corrected chi connectivity index (χ0v) is 18.9. The second-order valence-corrected chi connectivity index (χ2v) is 10.3. The zero-order valence-electron chi connectivity index (χ0n) is 13.3. The number of thioether (sulfide) groups is 2. The van der Waals surface area contributed by atoms with Crippen molar-refractivity contribution in [2.24, 2.45) is 0 Å². The first-order chi connectivity index (χ1) is 12.7. The molecule has 4 aromatic rings. The topological polar surface area (TPSA) is 43.1 Å². The van der Waals surface area contributed by atoms with Crippen LogP contribution in [0.4, 0.5) is 0 Å². The fourth-order valence-corrected chi connectivity index (χ4v) is 5.87. The Bertz CT molecular complexity index is 1050. The van der Waals surface area contributed by atoms with Crippen molar-refractivity contribution in [1.29, 1.82) is 0 Å². The van der Waals surface area contributed by atoms with E-state index in [1.54, 1.807) is 34.9 Å². The summed E-state index contributed by atoms with van der Waals surface area (Å²) in [7, 11) is 0. The van der Waals surface area contributed by atoms with E-state index in [-0.39, 0.29) is 0 Å². The molecule has 0 spiro atoms. The van der Waals surface area contributed by atoms with Crippen LogP contribution < -0.4 is 0 Å². The van der Waals surface area contributed by atoms with Crippen molar-refractivity contribution in [3.8, 4) is 0 Å². The molecular formula is C17H12Br2N4S3. The van der Waals surface area contributed by atoms with Gasteiger partial charge in [-0.15, -0.1) is 15.3 Å². The SMILES string of the molecule is Brc1cccc(CSc2nn3c(SCc4cccc(Br)c4)nnc3s2)c1. The monoisotopic (exact) mass is 526 g/mol. The van der Waals surface area contributed by atoms with Gasteiger partial charge >= 0.3 is 0 Å². The fourth-order valence-electron chi connectivity index (χ4n) is 2.28. The van der Waals surface area contributed by atoms with Gasteiger partial charge in [-0.25, -0.2) is 0 Å². The van der Waals surface area contributed by atoms with Crippen LogP contribution in [-0.4, -0.2) is 19.8 Å². The van der Waals surface area contributed by atoms with E-state index in [2.05, 4.69) is 77.5 Å². The maximum atomic E-state index is 4.67. The molecule has 2 heterocycles. The van der Waals surface area contributed by atoms with Gasteiger partial charge < -0.3 is 0 Å². The van der Waals surface area contributed by atoms with Gasteiger partial charge in [-0.2, -0.15) is 4.52 Å². The first-order valence-electron chi connectivity index (χ1n) is 7.64. The van der Waals surface area contributed by atoms with Crippen LogP contribution in [0.5, 0.6) is 0 Å². The maximum Gasteiger partial charge on any atom is 0.236 e. The number of halogens is 2. The number of hydrogen-bond donors (Lipinski definition) is 0. The van der Waals surface area contributed by atoms with Crippen LogP contribution in [0.1, 0.15) is 11.1 Å². The number of hydrogen-bond acceptors (Lipinski definition) is 6. The van der Waals surface area contributed by atoms with Gasteiger partial charge in [-0.3, -0.25) is 0 Å². The standard InChI is InChI=1S/C17H12Br2N4S3/c18-13-5-1-3-11(7-13)9-24-15-20-21-16-23(15)22-17(26-16)25-10-12-4-2-6-14(19)8-12/h1-8H,9-10H2. The van der Waals surface area contributed by atoms with Gasteiger partial charge in [0.2, 0.25) is 10.1 Å². The summed E-state index contributed by atoms with van der Waals surface area (Å²) >= 11 is 12.0. The highest BCUT2D eigenvalue weighted by atomic mass is 79.9. The van der Waals surface area contributed by atoms with E-state index in [9.17, 15) is 0 Å². The van der Waals surface area contributed by atoms with Gasteiger partial charge in [0.05, 0.1) is 0 Å². The van der Waals surface area contributed by atoms with Gasteiger partial charge in [0.15, 0.2) is 4.34 Å². The number of aromatic nitrogens is 4. The molecule has 0 radical (unpaired) electrons. The minimum atomic E-state index is 0.825. The summed E-state index contributed by atoms with van der Waals surface area (Å²) in [6.07, 6.45) is 0. The largest absolute Gasteiger partial charge is 0.236 e. The van der Waals surface area contributed by atoms with Crippen molar-refractivity contribution < 1.29 is 0 Å². The molecule has 0 aliphatic carbocycles. The fraction of sp³-hybridized carbons (Fsp3) is 0.118. The molecule has 0 saturated carbocycles. The highest BCUT2D eigenvalue weighted by molar-refractivity contribution is 9.10. The number of fused-ring (bicyclic) bond motifs is 1. The highest BCUT2D eigenvalue weighted by Gasteiger charge is 2.13. The molecule has 0 saturated heterocycles. The predicted molar refractivity (Wildman–Crippen MR) is 116 cm³/mol. The van der Waals surface area contributed by atoms with E-state index >= 15 is 0 Å². The highest BCUT2D eigenvalue weighted by Crippen LogP contribution is 2.30. The quantitative estimate of drug-likeness (QED) is 0.275. The molecule has 2 aromatic carbocycles. The Morgan fingerprint density at radius 2 is 1.54 bits per heavy atom.